The first kappa shape index (κ1) is 25.1. The minimum Gasteiger partial charge on any atom is -0.397 e. The van der Waals surface area contributed by atoms with E-state index in [9.17, 15) is 0 Å². The van der Waals surface area contributed by atoms with Crippen LogP contribution in [0.3, 0.4) is 0 Å². The second-order valence-electron chi connectivity index (χ2n) is 4.82. The van der Waals surface area contributed by atoms with Gasteiger partial charge in [-0.05, 0) is 20.8 Å². The minimum absolute atomic E-state index is 0.250. The molecule has 0 spiro atoms. The van der Waals surface area contributed by atoms with Gasteiger partial charge in [0, 0.05) is 19.8 Å². The van der Waals surface area contributed by atoms with Gasteiger partial charge < -0.3 is 15.3 Å². The molecule has 0 aliphatic heterocycles. The Labute approximate surface area is 137 Å². The molecule has 3 N–H and O–H groups in total. The predicted molar refractivity (Wildman–Crippen MR) is 83.1 cm³/mol. The Hall–Kier alpha value is 0.0743. The Morgan fingerprint density at radius 3 is 1.10 bits per heavy atom. The molecule has 0 saturated heterocycles. The van der Waals surface area contributed by atoms with E-state index >= 15 is 0 Å². The van der Waals surface area contributed by atoms with Gasteiger partial charge in [-0.3, -0.25) is 0 Å². The molecule has 0 atom stereocenters. The topological polar surface area (TPSA) is 60.7 Å². The van der Waals surface area contributed by atoms with Crippen LogP contribution in [0, 0.1) is 5.41 Å². The van der Waals surface area contributed by atoms with Crippen molar-refractivity contribution >= 4 is 0 Å². The zero-order valence-corrected chi connectivity index (χ0v) is 16.0. The zero-order chi connectivity index (χ0) is 16.9. The second kappa shape index (κ2) is 14.0. The molecule has 20 heavy (non-hydrogen) atoms. The van der Waals surface area contributed by atoms with Gasteiger partial charge >= 0.3 is 81.1 Å². The fourth-order valence-corrected chi connectivity index (χ4v) is 2.18. The van der Waals surface area contributed by atoms with Gasteiger partial charge in [0.15, 0.2) is 0 Å². The summed E-state index contributed by atoms with van der Waals surface area (Å²) in [5.41, 5.74) is 4.83. The van der Waals surface area contributed by atoms with Gasteiger partial charge in [0.2, 0.25) is 0 Å². The summed E-state index contributed by atoms with van der Waals surface area (Å²) in [4.78, 5) is 0. The van der Waals surface area contributed by atoms with E-state index in [2.05, 4.69) is 55.1 Å². The number of allylic oxidation sites excluding steroid dienone is 4. The van der Waals surface area contributed by atoms with Gasteiger partial charge in [0.25, 0.3) is 0 Å². The quantitative estimate of drug-likeness (QED) is 0.601. The smallest absolute Gasteiger partial charge is 0.0402 e. The second-order valence-corrected chi connectivity index (χ2v) is 5.60. The Balaban J connectivity index is -0.000000268. The molecule has 0 fully saturated rings. The van der Waals surface area contributed by atoms with Gasteiger partial charge in [0.1, 0.15) is 0 Å². The monoisotopic (exact) mass is 321 g/mol. The molecule has 0 saturated carbocycles. The normalized spacial score (nSPS) is 15.5. The Bertz CT molecular complexity index is 274. The Morgan fingerprint density at radius 2 is 1.05 bits per heavy atom. The summed E-state index contributed by atoms with van der Waals surface area (Å²) < 4.78 is 1.53. The molecule has 0 amide bonds. The number of aliphatic hydroxyl groups is 3. The summed E-state index contributed by atoms with van der Waals surface area (Å²) in [7, 11) is 0. The molecule has 1 rings (SSSR count). The van der Waals surface area contributed by atoms with Crippen LogP contribution in [0.1, 0.15) is 55.4 Å². The van der Waals surface area contributed by atoms with Gasteiger partial charge in [-0.25, -0.2) is 0 Å². The Kier molecular flexibility index (Phi) is 17.6. The van der Waals surface area contributed by atoms with Gasteiger partial charge in [-0.1, -0.05) is 0 Å². The molecular formula is C16H33O3Ti. The third-order valence-corrected chi connectivity index (χ3v) is 4.62. The van der Waals surface area contributed by atoms with Gasteiger partial charge in [-0.15, -0.1) is 0 Å². The van der Waals surface area contributed by atoms with Crippen molar-refractivity contribution in [3.05, 3.63) is 20.6 Å². The molecule has 0 heterocycles. The van der Waals surface area contributed by atoms with Crippen LogP contribution in [0.15, 0.2) is 20.6 Å². The zero-order valence-electron chi connectivity index (χ0n) is 14.5. The van der Waals surface area contributed by atoms with E-state index in [1.54, 1.807) is 20.8 Å². The van der Waals surface area contributed by atoms with Crippen LogP contribution in [0.25, 0.3) is 0 Å². The summed E-state index contributed by atoms with van der Waals surface area (Å²) in [6, 6.07) is 0. The van der Waals surface area contributed by atoms with E-state index in [0.717, 1.165) is 0 Å². The SMILES string of the molecule is CC1=C(C)C(C)(C)[C]([Ti])=C1C.CCO.CCO.CCO. The first-order valence-corrected chi connectivity index (χ1v) is 7.85. The van der Waals surface area contributed by atoms with Crippen LogP contribution >= 0.6 is 0 Å². The molecule has 1 aliphatic rings. The van der Waals surface area contributed by atoms with E-state index in [0.29, 0.717) is 5.41 Å². The maximum atomic E-state index is 7.57. The van der Waals surface area contributed by atoms with Crippen molar-refractivity contribution in [1.82, 2.24) is 0 Å². The predicted octanol–water partition coefficient (Wildman–Crippen LogP) is 3.18. The molecule has 0 aromatic rings. The van der Waals surface area contributed by atoms with Crippen LogP contribution in [-0.4, -0.2) is 35.1 Å². The first-order valence-electron chi connectivity index (χ1n) is 7.07. The van der Waals surface area contributed by atoms with Gasteiger partial charge in [0.05, 0.1) is 0 Å². The van der Waals surface area contributed by atoms with Crippen molar-refractivity contribution < 1.29 is 35.8 Å². The summed E-state index contributed by atoms with van der Waals surface area (Å²) in [6.07, 6.45) is 0. The standard InChI is InChI=1S/C10H15.3C2H6O.Ti/c1-7-6-10(4,5)9(3)8(7)2;3*1-2-3;/h1-5H3;3*3H,2H2,1H3;. The van der Waals surface area contributed by atoms with E-state index in [1.807, 2.05) is 0 Å². The van der Waals surface area contributed by atoms with Crippen molar-refractivity contribution in [3.63, 3.8) is 0 Å². The number of hydrogen-bond acceptors (Lipinski definition) is 3. The third-order valence-electron chi connectivity index (χ3n) is 3.06. The van der Waals surface area contributed by atoms with E-state index in [4.69, 9.17) is 15.3 Å². The average molecular weight is 321 g/mol. The van der Waals surface area contributed by atoms with Gasteiger partial charge in [-0.2, -0.15) is 0 Å². The molecular weight excluding hydrogens is 288 g/mol. The summed E-state index contributed by atoms with van der Waals surface area (Å²) in [6.45, 7) is 17.1. The molecule has 0 radical (unpaired) electrons. The van der Waals surface area contributed by atoms with Crippen LogP contribution in [-0.2, 0) is 20.4 Å². The molecule has 4 heteroatoms. The largest absolute Gasteiger partial charge is 0.397 e. The number of hydrogen-bond donors (Lipinski definition) is 3. The fourth-order valence-electron chi connectivity index (χ4n) is 1.59. The number of aliphatic hydroxyl groups excluding tert-OH is 3. The van der Waals surface area contributed by atoms with Crippen molar-refractivity contribution in [1.29, 1.82) is 0 Å². The van der Waals surface area contributed by atoms with E-state index in [1.165, 1.54) is 20.6 Å². The van der Waals surface area contributed by atoms with Crippen LogP contribution < -0.4 is 0 Å². The van der Waals surface area contributed by atoms with Crippen molar-refractivity contribution in [3.8, 4) is 0 Å². The van der Waals surface area contributed by atoms with Crippen molar-refractivity contribution in [2.75, 3.05) is 19.8 Å². The van der Waals surface area contributed by atoms with E-state index in [-0.39, 0.29) is 19.8 Å². The molecule has 0 aromatic heterocycles. The molecule has 1 aliphatic carbocycles. The molecule has 0 unspecified atom stereocenters. The molecule has 3 nitrogen and oxygen atoms in total. The maximum absolute atomic E-state index is 7.57. The summed E-state index contributed by atoms with van der Waals surface area (Å²) in [5.74, 6) is 0. The van der Waals surface area contributed by atoms with Crippen molar-refractivity contribution in [2.45, 2.75) is 55.4 Å². The minimum atomic E-state index is 0.250. The average Bonchev–Trinajstić information content (AvgIpc) is 2.48. The molecule has 0 bridgehead atoms. The van der Waals surface area contributed by atoms with Crippen LogP contribution in [0.5, 0.6) is 0 Å². The molecule has 119 valence electrons. The van der Waals surface area contributed by atoms with E-state index < -0.39 is 0 Å². The third kappa shape index (κ3) is 9.09. The summed E-state index contributed by atoms with van der Waals surface area (Å²) in [5, 5.41) is 22.7. The maximum Gasteiger partial charge on any atom is 0.0402 e. The fraction of sp³-hybridized carbons (Fsp3) is 0.750. The van der Waals surface area contributed by atoms with Crippen LogP contribution in [0.4, 0.5) is 0 Å². The molecule has 0 aromatic carbocycles. The Morgan fingerprint density at radius 1 is 0.800 bits per heavy atom. The van der Waals surface area contributed by atoms with Crippen LogP contribution in [0.2, 0.25) is 0 Å². The first-order chi connectivity index (χ1) is 9.13. The summed E-state index contributed by atoms with van der Waals surface area (Å²) >= 11 is 2.25. The van der Waals surface area contributed by atoms with Crippen molar-refractivity contribution in [2.24, 2.45) is 5.41 Å². The number of rotatable bonds is 0.